The zero-order valence-electron chi connectivity index (χ0n) is 11.2. The van der Waals surface area contributed by atoms with E-state index in [2.05, 4.69) is 0 Å². The molecule has 0 heterocycles. The van der Waals surface area contributed by atoms with Crippen molar-refractivity contribution in [2.24, 2.45) is 0 Å². The number of hydrogen-bond acceptors (Lipinski definition) is 1. The Morgan fingerprint density at radius 3 is 1.89 bits per heavy atom. The molecule has 0 saturated heterocycles. The van der Waals surface area contributed by atoms with Crippen LogP contribution in [-0.2, 0) is 0 Å². The lowest BCUT2D eigenvalue weighted by Gasteiger charge is -2.21. The molecule has 1 unspecified atom stereocenters. The van der Waals surface area contributed by atoms with Crippen LogP contribution in [0.5, 0.6) is 0 Å². The number of likely N-dealkylation sites (N-methyl/N-ethyl adjacent to an activating group) is 1. The lowest BCUT2D eigenvalue weighted by molar-refractivity contribution is -0.126. The molecule has 0 saturated carbocycles. The molecular formula is C12H17F6N. The van der Waals surface area contributed by atoms with E-state index < -0.39 is 24.3 Å². The fraction of sp³-hybridized carbons (Fsp3) is 0.667. The summed E-state index contributed by atoms with van der Waals surface area (Å²) in [6.07, 6.45) is -10.1. The third-order valence-corrected chi connectivity index (χ3v) is 2.70. The molecule has 1 atom stereocenters. The molecule has 0 rings (SSSR count). The molecule has 0 aromatic rings. The summed E-state index contributed by atoms with van der Waals surface area (Å²) in [7, 11) is 3.35. The topological polar surface area (TPSA) is 3.24 Å². The molecule has 0 aliphatic rings. The second-order valence-corrected chi connectivity index (χ2v) is 4.50. The van der Waals surface area contributed by atoms with Crippen LogP contribution in [0.3, 0.4) is 0 Å². The Morgan fingerprint density at radius 2 is 1.58 bits per heavy atom. The molecule has 7 heteroatoms. The Bertz CT molecular complexity index is 348. The molecule has 0 aromatic heterocycles. The van der Waals surface area contributed by atoms with Crippen LogP contribution in [-0.4, -0.2) is 37.4 Å². The third kappa shape index (κ3) is 7.25. The Balaban J connectivity index is 5.25. The van der Waals surface area contributed by atoms with Crippen molar-refractivity contribution in [3.63, 3.8) is 0 Å². The van der Waals surface area contributed by atoms with Crippen LogP contribution in [0.4, 0.5) is 26.3 Å². The van der Waals surface area contributed by atoms with E-state index in [1.54, 1.807) is 25.9 Å². The van der Waals surface area contributed by atoms with Crippen molar-refractivity contribution in [3.05, 3.63) is 23.3 Å². The van der Waals surface area contributed by atoms with E-state index >= 15 is 0 Å². The van der Waals surface area contributed by atoms with Crippen LogP contribution >= 0.6 is 0 Å². The van der Waals surface area contributed by atoms with E-state index in [1.165, 1.54) is 6.92 Å². The maximum Gasteiger partial charge on any atom is 0.416 e. The molecule has 0 fully saturated rings. The molecule has 0 radical (unpaired) electrons. The fourth-order valence-electron chi connectivity index (χ4n) is 1.26. The smallest absolute Gasteiger partial charge is 0.303 e. The van der Waals surface area contributed by atoms with Crippen molar-refractivity contribution >= 4 is 0 Å². The van der Waals surface area contributed by atoms with Gasteiger partial charge >= 0.3 is 12.4 Å². The lowest BCUT2D eigenvalue weighted by atomic mass is 10.0. The van der Waals surface area contributed by atoms with Crippen LogP contribution < -0.4 is 0 Å². The lowest BCUT2D eigenvalue weighted by Crippen LogP contribution is -2.26. The molecule has 112 valence electrons. The maximum absolute atomic E-state index is 12.6. The zero-order chi connectivity index (χ0) is 15.4. The van der Waals surface area contributed by atoms with E-state index in [4.69, 9.17) is 0 Å². The minimum atomic E-state index is -4.79. The quantitative estimate of drug-likeness (QED) is 0.550. The van der Waals surface area contributed by atoms with Gasteiger partial charge in [0.25, 0.3) is 0 Å². The van der Waals surface area contributed by atoms with Gasteiger partial charge in [-0.3, -0.25) is 0 Å². The summed E-state index contributed by atoms with van der Waals surface area (Å²) in [5, 5.41) is 0. The van der Waals surface area contributed by atoms with Crippen LogP contribution in [0.2, 0.25) is 0 Å². The van der Waals surface area contributed by atoms with E-state index in [9.17, 15) is 26.3 Å². The number of nitrogens with zero attached hydrogens (tertiary/aromatic N) is 1. The summed E-state index contributed by atoms with van der Waals surface area (Å²) in [6.45, 7) is 3.13. The van der Waals surface area contributed by atoms with E-state index in [-0.39, 0.29) is 12.1 Å². The number of rotatable bonds is 4. The van der Waals surface area contributed by atoms with Crippen molar-refractivity contribution in [3.8, 4) is 0 Å². The predicted octanol–water partition coefficient (Wildman–Crippen LogP) is 4.32. The summed E-state index contributed by atoms with van der Waals surface area (Å²) < 4.78 is 73.8. The van der Waals surface area contributed by atoms with Crippen molar-refractivity contribution in [2.75, 3.05) is 14.1 Å². The van der Waals surface area contributed by atoms with Gasteiger partial charge in [-0.15, -0.1) is 0 Å². The Labute approximate surface area is 108 Å². The third-order valence-electron chi connectivity index (χ3n) is 2.70. The van der Waals surface area contributed by atoms with Crippen molar-refractivity contribution < 1.29 is 26.3 Å². The summed E-state index contributed by atoms with van der Waals surface area (Å²) >= 11 is 0. The number of allylic oxidation sites excluding steroid dienone is 3. The standard InChI is InChI=1S/C12H17F6N/c1-8(9(2)19(3)4)7-10(12(16,17)18)5-6-11(13,14)15/h5,7,9H,6H2,1-4H3/b8-7+,10-5+. The molecule has 0 amide bonds. The van der Waals surface area contributed by atoms with E-state index in [0.29, 0.717) is 5.57 Å². The van der Waals surface area contributed by atoms with E-state index in [1.807, 2.05) is 0 Å². The molecule has 0 spiro atoms. The van der Waals surface area contributed by atoms with Crippen molar-refractivity contribution in [1.82, 2.24) is 4.90 Å². The van der Waals surface area contributed by atoms with Gasteiger partial charge in [-0.1, -0.05) is 11.6 Å². The Hall–Kier alpha value is -0.980. The minimum Gasteiger partial charge on any atom is -0.303 e. The fourth-order valence-corrected chi connectivity index (χ4v) is 1.26. The highest BCUT2D eigenvalue weighted by molar-refractivity contribution is 5.29. The average molecular weight is 289 g/mol. The first-order valence-corrected chi connectivity index (χ1v) is 5.53. The maximum atomic E-state index is 12.6. The highest BCUT2D eigenvalue weighted by atomic mass is 19.4. The highest BCUT2D eigenvalue weighted by Crippen LogP contribution is 2.31. The minimum absolute atomic E-state index is 0.173. The van der Waals surface area contributed by atoms with Crippen LogP contribution in [0.15, 0.2) is 23.3 Å². The summed E-state index contributed by atoms with van der Waals surface area (Å²) in [5.41, 5.74) is -0.924. The largest absolute Gasteiger partial charge is 0.416 e. The van der Waals surface area contributed by atoms with Gasteiger partial charge < -0.3 is 4.90 Å². The molecule has 19 heavy (non-hydrogen) atoms. The summed E-state index contributed by atoms with van der Waals surface area (Å²) in [4.78, 5) is 1.67. The normalized spacial score (nSPS) is 17.0. The second kappa shape index (κ2) is 6.45. The molecule has 0 bridgehead atoms. The van der Waals surface area contributed by atoms with Gasteiger partial charge in [0.2, 0.25) is 0 Å². The number of halogens is 6. The van der Waals surface area contributed by atoms with Crippen molar-refractivity contribution in [2.45, 2.75) is 38.7 Å². The average Bonchev–Trinajstić information content (AvgIpc) is 2.19. The molecule has 1 nitrogen and oxygen atoms in total. The van der Waals surface area contributed by atoms with Gasteiger partial charge in [0.05, 0.1) is 12.0 Å². The van der Waals surface area contributed by atoms with E-state index in [0.717, 1.165) is 6.08 Å². The molecule has 0 aliphatic carbocycles. The highest BCUT2D eigenvalue weighted by Gasteiger charge is 2.34. The first kappa shape index (κ1) is 18.0. The van der Waals surface area contributed by atoms with Crippen LogP contribution in [0, 0.1) is 0 Å². The number of alkyl halides is 6. The Morgan fingerprint density at radius 1 is 1.11 bits per heavy atom. The Kier molecular flexibility index (Phi) is 6.12. The summed E-state index contributed by atoms with van der Waals surface area (Å²) in [5.74, 6) is 0. The zero-order valence-corrected chi connectivity index (χ0v) is 11.2. The molecular weight excluding hydrogens is 272 g/mol. The molecule has 0 aliphatic heterocycles. The second-order valence-electron chi connectivity index (χ2n) is 4.50. The van der Waals surface area contributed by atoms with Gasteiger partial charge in [0.1, 0.15) is 0 Å². The van der Waals surface area contributed by atoms with Crippen LogP contribution in [0.25, 0.3) is 0 Å². The van der Waals surface area contributed by atoms with Gasteiger partial charge in [-0.2, -0.15) is 26.3 Å². The van der Waals surface area contributed by atoms with Crippen molar-refractivity contribution in [1.29, 1.82) is 0 Å². The van der Waals surface area contributed by atoms with Gasteiger partial charge in [-0.05, 0) is 34.0 Å². The first-order chi connectivity index (χ1) is 8.34. The van der Waals surface area contributed by atoms with Crippen LogP contribution in [0.1, 0.15) is 20.3 Å². The molecule has 0 N–H and O–H groups in total. The monoisotopic (exact) mass is 289 g/mol. The van der Waals surface area contributed by atoms with Gasteiger partial charge in [-0.25, -0.2) is 0 Å². The van der Waals surface area contributed by atoms with Gasteiger partial charge in [0, 0.05) is 6.04 Å². The molecule has 0 aromatic carbocycles. The SMILES string of the molecule is C/C(=C\C(=C/CC(F)(F)F)C(F)(F)F)C(C)N(C)C. The summed E-state index contributed by atoms with van der Waals surface area (Å²) in [6, 6.07) is -0.295. The van der Waals surface area contributed by atoms with Gasteiger partial charge in [0.15, 0.2) is 0 Å². The predicted molar refractivity (Wildman–Crippen MR) is 61.7 cm³/mol. The first-order valence-electron chi connectivity index (χ1n) is 5.53. The number of hydrogen-bond donors (Lipinski definition) is 0.